The molecular weight excluding hydrogens is 304 g/mol. The number of carbonyl (C=O) groups excluding carboxylic acids is 1. The maximum Gasteiger partial charge on any atom is 0.178 e. The maximum absolute atomic E-state index is 11.7. The number of methoxy groups -OCH3 is 1. The number of Topliss-reactive ketones (excluding diaryl/α,β-unsaturated/α-hetero) is 1. The Labute approximate surface area is 141 Å². The Balaban J connectivity index is 1.60. The average molecular weight is 324 g/mol. The predicted molar refractivity (Wildman–Crippen MR) is 94.0 cm³/mol. The summed E-state index contributed by atoms with van der Waals surface area (Å²) in [6.07, 6.45) is 3.36. The van der Waals surface area contributed by atoms with Crippen LogP contribution in [-0.4, -0.2) is 18.6 Å². The number of rotatable bonds is 5. The van der Waals surface area contributed by atoms with E-state index in [1.807, 2.05) is 48.5 Å². The van der Waals surface area contributed by atoms with Crippen LogP contribution in [0.3, 0.4) is 0 Å². The van der Waals surface area contributed by atoms with Crippen LogP contribution < -0.4 is 14.9 Å². The second-order valence-corrected chi connectivity index (χ2v) is 5.60. The molecule has 0 unspecified atom stereocenters. The first-order valence-electron chi connectivity index (χ1n) is 8.02. The Morgan fingerprint density at radius 2 is 1.46 bits per heavy atom. The van der Waals surface area contributed by atoms with Crippen LogP contribution in [0.4, 0.5) is 5.69 Å². The van der Waals surface area contributed by atoms with Gasteiger partial charge in [-0.25, -0.2) is 0 Å². The molecule has 2 aromatic rings. The number of hydrazone groups is 1. The Morgan fingerprint density at radius 3 is 2.08 bits per heavy atom. The standard InChI is InChI=1S/C19H20N2O3/c1-23-15-10-12-17(13-11-15)24-16-8-6-14(7-9-16)20-21-18-4-2-3-5-19(18)22/h6-13,20H,2-5H2,1H3. The monoisotopic (exact) mass is 324 g/mol. The maximum atomic E-state index is 11.7. The summed E-state index contributed by atoms with van der Waals surface area (Å²) in [7, 11) is 1.63. The third-order valence-corrected chi connectivity index (χ3v) is 3.86. The lowest BCUT2D eigenvalue weighted by atomic mass is 9.97. The fourth-order valence-corrected chi connectivity index (χ4v) is 2.49. The van der Waals surface area contributed by atoms with E-state index < -0.39 is 0 Å². The molecule has 1 saturated carbocycles. The fourth-order valence-electron chi connectivity index (χ4n) is 2.49. The van der Waals surface area contributed by atoms with Crippen molar-refractivity contribution in [3.63, 3.8) is 0 Å². The number of ether oxygens (including phenoxy) is 2. The highest BCUT2D eigenvalue weighted by Crippen LogP contribution is 2.25. The van der Waals surface area contributed by atoms with Crippen molar-refractivity contribution in [3.8, 4) is 17.2 Å². The van der Waals surface area contributed by atoms with Crippen molar-refractivity contribution in [1.29, 1.82) is 0 Å². The van der Waals surface area contributed by atoms with E-state index in [2.05, 4.69) is 10.5 Å². The molecule has 5 nitrogen and oxygen atoms in total. The molecule has 124 valence electrons. The molecule has 0 aliphatic heterocycles. The molecule has 0 spiro atoms. The van der Waals surface area contributed by atoms with Crippen LogP contribution in [0.15, 0.2) is 53.6 Å². The lowest BCUT2D eigenvalue weighted by Gasteiger charge is -2.11. The van der Waals surface area contributed by atoms with Gasteiger partial charge in [-0.05, 0) is 67.8 Å². The van der Waals surface area contributed by atoms with Crippen LogP contribution in [-0.2, 0) is 4.79 Å². The van der Waals surface area contributed by atoms with Gasteiger partial charge in [-0.2, -0.15) is 5.10 Å². The fraction of sp³-hybridized carbons (Fsp3) is 0.263. The molecule has 0 saturated heterocycles. The first kappa shape index (κ1) is 16.1. The normalized spacial score (nSPS) is 16.0. The van der Waals surface area contributed by atoms with Crippen molar-refractivity contribution >= 4 is 17.2 Å². The summed E-state index contributed by atoms with van der Waals surface area (Å²) in [5, 5.41) is 4.23. The first-order chi connectivity index (χ1) is 11.7. The van der Waals surface area contributed by atoms with E-state index in [1.165, 1.54) is 0 Å². The average Bonchev–Trinajstić information content (AvgIpc) is 2.63. The lowest BCUT2D eigenvalue weighted by molar-refractivity contribution is -0.113. The molecule has 0 atom stereocenters. The molecule has 1 fully saturated rings. The molecule has 1 aliphatic rings. The molecule has 1 aliphatic carbocycles. The van der Waals surface area contributed by atoms with Crippen molar-refractivity contribution < 1.29 is 14.3 Å². The van der Waals surface area contributed by atoms with E-state index in [9.17, 15) is 4.79 Å². The minimum absolute atomic E-state index is 0.146. The van der Waals surface area contributed by atoms with Crippen molar-refractivity contribution in [2.75, 3.05) is 12.5 Å². The molecule has 24 heavy (non-hydrogen) atoms. The molecule has 2 aromatic carbocycles. The highest BCUT2D eigenvalue weighted by molar-refractivity contribution is 6.40. The molecule has 0 amide bonds. The summed E-state index contributed by atoms with van der Waals surface area (Å²) in [5.41, 5.74) is 4.41. The van der Waals surface area contributed by atoms with Gasteiger partial charge in [0.15, 0.2) is 5.78 Å². The molecule has 1 N–H and O–H groups in total. The molecule has 0 aromatic heterocycles. The first-order valence-corrected chi connectivity index (χ1v) is 8.02. The van der Waals surface area contributed by atoms with Gasteiger partial charge in [-0.3, -0.25) is 10.2 Å². The third kappa shape index (κ3) is 4.13. The van der Waals surface area contributed by atoms with E-state index in [-0.39, 0.29) is 5.78 Å². The quantitative estimate of drug-likeness (QED) is 0.828. The van der Waals surface area contributed by atoms with Gasteiger partial charge in [-0.1, -0.05) is 0 Å². The number of benzene rings is 2. The van der Waals surface area contributed by atoms with Crippen molar-refractivity contribution in [2.45, 2.75) is 25.7 Å². The minimum Gasteiger partial charge on any atom is -0.497 e. The van der Waals surface area contributed by atoms with Crippen molar-refractivity contribution in [3.05, 3.63) is 48.5 Å². The number of anilines is 1. The predicted octanol–water partition coefficient (Wildman–Crippen LogP) is 4.40. The van der Waals surface area contributed by atoms with Gasteiger partial charge in [-0.15, -0.1) is 0 Å². The second-order valence-electron chi connectivity index (χ2n) is 5.60. The number of nitrogens with zero attached hydrogens (tertiary/aromatic N) is 1. The molecule has 0 heterocycles. The SMILES string of the molecule is COc1ccc(Oc2ccc(NN=C3CCCCC3=O)cc2)cc1. The van der Waals surface area contributed by atoms with Crippen LogP contribution in [0.1, 0.15) is 25.7 Å². The topological polar surface area (TPSA) is 59.9 Å². The van der Waals surface area contributed by atoms with E-state index in [1.54, 1.807) is 7.11 Å². The minimum atomic E-state index is 0.146. The Hall–Kier alpha value is -2.82. The Bertz CT molecular complexity index is 721. The van der Waals surface area contributed by atoms with Gasteiger partial charge in [0, 0.05) is 6.42 Å². The van der Waals surface area contributed by atoms with Gasteiger partial charge in [0.1, 0.15) is 23.0 Å². The summed E-state index contributed by atoms with van der Waals surface area (Å²) < 4.78 is 10.9. The van der Waals surface area contributed by atoms with Gasteiger partial charge >= 0.3 is 0 Å². The molecule has 0 bridgehead atoms. The highest BCUT2D eigenvalue weighted by Gasteiger charge is 2.16. The van der Waals surface area contributed by atoms with Crippen molar-refractivity contribution in [2.24, 2.45) is 5.10 Å². The third-order valence-electron chi connectivity index (χ3n) is 3.86. The number of nitrogens with one attached hydrogen (secondary N) is 1. The number of ketones is 1. The Morgan fingerprint density at radius 1 is 0.875 bits per heavy atom. The van der Waals surface area contributed by atoms with Crippen LogP contribution in [0.25, 0.3) is 0 Å². The van der Waals surface area contributed by atoms with Crippen molar-refractivity contribution in [1.82, 2.24) is 0 Å². The van der Waals surface area contributed by atoms with Gasteiger partial charge < -0.3 is 9.47 Å². The molecule has 0 radical (unpaired) electrons. The highest BCUT2D eigenvalue weighted by atomic mass is 16.5. The van der Waals surface area contributed by atoms with Crippen LogP contribution in [0.2, 0.25) is 0 Å². The molecular formula is C19H20N2O3. The Kier molecular flexibility index (Phi) is 5.11. The van der Waals surface area contributed by atoms with Crippen LogP contribution in [0, 0.1) is 0 Å². The number of hydrogen-bond donors (Lipinski definition) is 1. The summed E-state index contributed by atoms with van der Waals surface area (Å²) >= 11 is 0. The van der Waals surface area contributed by atoms with E-state index in [4.69, 9.17) is 9.47 Å². The largest absolute Gasteiger partial charge is 0.497 e. The second kappa shape index (κ2) is 7.64. The zero-order chi connectivity index (χ0) is 16.8. The number of hydrogen-bond acceptors (Lipinski definition) is 5. The van der Waals surface area contributed by atoms with Gasteiger partial charge in [0.05, 0.1) is 12.8 Å². The number of carbonyl (C=O) groups is 1. The van der Waals surface area contributed by atoms with Gasteiger partial charge in [0.25, 0.3) is 0 Å². The summed E-state index contributed by atoms with van der Waals surface area (Å²) in [6, 6.07) is 14.9. The zero-order valence-corrected chi connectivity index (χ0v) is 13.6. The molecule has 5 heteroatoms. The van der Waals surface area contributed by atoms with E-state index in [0.717, 1.165) is 42.2 Å². The van der Waals surface area contributed by atoms with Crippen LogP contribution >= 0.6 is 0 Å². The molecule has 3 rings (SSSR count). The summed E-state index contributed by atoms with van der Waals surface area (Å²) in [5.74, 6) is 2.41. The van der Waals surface area contributed by atoms with E-state index >= 15 is 0 Å². The summed E-state index contributed by atoms with van der Waals surface area (Å²) in [6.45, 7) is 0. The van der Waals surface area contributed by atoms with Gasteiger partial charge in [0.2, 0.25) is 0 Å². The van der Waals surface area contributed by atoms with E-state index in [0.29, 0.717) is 12.1 Å². The lowest BCUT2D eigenvalue weighted by Crippen LogP contribution is -2.19. The summed E-state index contributed by atoms with van der Waals surface area (Å²) in [4.78, 5) is 11.7. The smallest absolute Gasteiger partial charge is 0.178 e. The van der Waals surface area contributed by atoms with Crippen LogP contribution in [0.5, 0.6) is 17.2 Å². The zero-order valence-electron chi connectivity index (χ0n) is 13.6.